The maximum atomic E-state index is 12.9. The van der Waals surface area contributed by atoms with Crippen LogP contribution in [0, 0.1) is 17.2 Å². The molecule has 27 heavy (non-hydrogen) atoms. The summed E-state index contributed by atoms with van der Waals surface area (Å²) in [4.78, 5) is 14.6. The molecule has 3 fully saturated rings. The van der Waals surface area contributed by atoms with Crippen LogP contribution >= 0.6 is 0 Å². The van der Waals surface area contributed by atoms with Gasteiger partial charge in [0, 0.05) is 25.0 Å². The molecule has 0 aromatic heterocycles. The Morgan fingerprint density at radius 1 is 1.11 bits per heavy atom. The Bertz CT molecular complexity index is 699. The summed E-state index contributed by atoms with van der Waals surface area (Å²) in [6.45, 7) is 1.08. The molecule has 144 valence electrons. The molecule has 4 rings (SSSR count). The highest BCUT2D eigenvalue weighted by Crippen LogP contribution is 2.43. The number of rotatable bonds is 4. The smallest absolute Gasteiger partial charge is 0.227 e. The van der Waals surface area contributed by atoms with Crippen LogP contribution in [0.25, 0.3) is 0 Å². The first kappa shape index (κ1) is 18.5. The molecule has 1 aromatic rings. The highest BCUT2D eigenvalue weighted by molar-refractivity contribution is 5.81. The van der Waals surface area contributed by atoms with E-state index in [9.17, 15) is 15.2 Å². The summed E-state index contributed by atoms with van der Waals surface area (Å²) in [6, 6.07) is 10.1. The van der Waals surface area contributed by atoms with Gasteiger partial charge in [0.05, 0.1) is 18.7 Å². The van der Waals surface area contributed by atoms with Gasteiger partial charge in [-0.1, -0.05) is 37.1 Å². The monoisotopic (exact) mass is 368 g/mol. The molecule has 1 aliphatic carbocycles. The topological polar surface area (TPSA) is 73.6 Å². The van der Waals surface area contributed by atoms with Crippen LogP contribution in [-0.4, -0.2) is 47.8 Å². The normalized spacial score (nSPS) is 29.3. The zero-order valence-corrected chi connectivity index (χ0v) is 15.7. The molecule has 1 N–H and O–H groups in total. The summed E-state index contributed by atoms with van der Waals surface area (Å²) < 4.78 is 5.35. The minimum absolute atomic E-state index is 0.00252. The van der Waals surface area contributed by atoms with Crippen molar-refractivity contribution in [3.05, 3.63) is 35.4 Å². The van der Waals surface area contributed by atoms with E-state index in [1.807, 2.05) is 0 Å². The molecule has 1 aromatic carbocycles. The van der Waals surface area contributed by atoms with Crippen molar-refractivity contribution < 1.29 is 14.6 Å². The Morgan fingerprint density at radius 3 is 2.33 bits per heavy atom. The number of carbonyl (C=O) groups is 1. The van der Waals surface area contributed by atoms with Gasteiger partial charge in [-0.25, -0.2) is 0 Å². The number of ether oxygens (including phenoxy) is 1. The van der Waals surface area contributed by atoms with E-state index in [2.05, 4.69) is 30.3 Å². The Balaban J connectivity index is 1.50. The Labute approximate surface area is 160 Å². The molecule has 2 aliphatic heterocycles. The molecule has 0 unspecified atom stereocenters. The zero-order chi connectivity index (χ0) is 18.8. The first-order valence-electron chi connectivity index (χ1n) is 10.2. The second kappa shape index (κ2) is 8.00. The van der Waals surface area contributed by atoms with Gasteiger partial charge in [-0.15, -0.1) is 0 Å². The van der Waals surface area contributed by atoms with Gasteiger partial charge in [0.1, 0.15) is 6.04 Å². The lowest BCUT2D eigenvalue weighted by atomic mass is 9.74. The Hall–Kier alpha value is -1.90. The third kappa shape index (κ3) is 3.37. The summed E-state index contributed by atoms with van der Waals surface area (Å²) in [7, 11) is 0. The number of benzene rings is 1. The third-order valence-electron chi connectivity index (χ3n) is 6.70. The van der Waals surface area contributed by atoms with Crippen LogP contribution in [0.4, 0.5) is 0 Å². The van der Waals surface area contributed by atoms with Crippen LogP contribution in [0.3, 0.4) is 0 Å². The summed E-state index contributed by atoms with van der Waals surface area (Å²) in [5.74, 6) is 0.464. The number of carbonyl (C=O) groups excluding carboxylic acids is 1. The molecule has 1 saturated carbocycles. The van der Waals surface area contributed by atoms with Crippen LogP contribution in [-0.2, 0) is 9.53 Å². The van der Waals surface area contributed by atoms with E-state index in [4.69, 9.17) is 4.74 Å². The van der Waals surface area contributed by atoms with Gasteiger partial charge in [0.15, 0.2) is 0 Å². The first-order chi connectivity index (χ1) is 13.2. The van der Waals surface area contributed by atoms with Crippen LogP contribution in [0.5, 0.6) is 0 Å². The largest absolute Gasteiger partial charge is 0.394 e. The van der Waals surface area contributed by atoms with Crippen molar-refractivity contribution in [1.29, 1.82) is 5.26 Å². The van der Waals surface area contributed by atoms with E-state index >= 15 is 0 Å². The minimum atomic E-state index is -0.491. The molecule has 3 aliphatic rings. The average molecular weight is 368 g/mol. The predicted octanol–water partition coefficient (Wildman–Crippen LogP) is 2.95. The summed E-state index contributed by atoms with van der Waals surface area (Å²) in [5, 5.41) is 19.7. The second-order valence-electron chi connectivity index (χ2n) is 8.13. The van der Waals surface area contributed by atoms with Gasteiger partial charge in [-0.05, 0) is 42.7 Å². The minimum Gasteiger partial charge on any atom is -0.394 e. The standard InChI is InChI=1S/C22H28N2O3/c23-13-19-21(17-7-5-16(6-8-17)15-3-1-2-4-15)20(14-25)24(19)22(26)18-9-11-27-12-10-18/h5-8,15,18-21,25H,1-4,9-12,14H2/t19-,20+,21-/m0/s1. The quantitative estimate of drug-likeness (QED) is 0.887. The SMILES string of the molecule is N#C[C@H]1[C@H](c2ccc(C3CCCC3)cc2)[C@@H](CO)N1C(=O)C1CCOCC1. The lowest BCUT2D eigenvalue weighted by Gasteiger charge is -2.52. The van der Waals surface area contributed by atoms with Crippen molar-refractivity contribution in [2.75, 3.05) is 19.8 Å². The van der Waals surface area contributed by atoms with Gasteiger partial charge < -0.3 is 14.7 Å². The molecule has 0 spiro atoms. The molecule has 0 radical (unpaired) electrons. The molecule has 3 atom stereocenters. The molecule has 2 saturated heterocycles. The van der Waals surface area contributed by atoms with Crippen LogP contribution in [0.1, 0.15) is 61.5 Å². The molecule has 5 heteroatoms. The summed E-state index contributed by atoms with van der Waals surface area (Å²) >= 11 is 0. The van der Waals surface area contributed by atoms with E-state index in [0.717, 1.165) is 5.56 Å². The van der Waals surface area contributed by atoms with Crippen molar-refractivity contribution in [3.63, 3.8) is 0 Å². The number of nitrogens with zero attached hydrogens (tertiary/aromatic N) is 2. The molecule has 1 amide bonds. The van der Waals surface area contributed by atoms with Crippen LogP contribution in [0.15, 0.2) is 24.3 Å². The van der Waals surface area contributed by atoms with Crippen LogP contribution in [0.2, 0.25) is 0 Å². The Morgan fingerprint density at radius 2 is 1.74 bits per heavy atom. The van der Waals surface area contributed by atoms with Crippen LogP contribution < -0.4 is 0 Å². The van der Waals surface area contributed by atoms with Gasteiger partial charge in [0.25, 0.3) is 0 Å². The number of amides is 1. The Kier molecular flexibility index (Phi) is 5.47. The fourth-order valence-electron chi connectivity index (χ4n) is 5.12. The molecular formula is C22H28N2O3. The molecular weight excluding hydrogens is 340 g/mol. The highest BCUT2D eigenvalue weighted by Gasteiger charge is 2.52. The number of aliphatic hydroxyl groups excluding tert-OH is 1. The van der Waals surface area contributed by atoms with E-state index in [0.29, 0.717) is 32.0 Å². The summed E-state index contributed by atoms with van der Waals surface area (Å²) in [6.07, 6.45) is 6.54. The van der Waals surface area contributed by atoms with E-state index < -0.39 is 6.04 Å². The maximum Gasteiger partial charge on any atom is 0.227 e. The van der Waals surface area contributed by atoms with Crippen molar-refractivity contribution in [1.82, 2.24) is 4.90 Å². The van der Waals surface area contributed by atoms with E-state index in [1.54, 1.807) is 4.90 Å². The van der Waals surface area contributed by atoms with Crippen molar-refractivity contribution in [3.8, 4) is 6.07 Å². The molecule has 2 heterocycles. The van der Waals surface area contributed by atoms with Gasteiger partial charge in [-0.3, -0.25) is 4.79 Å². The molecule has 0 bridgehead atoms. The third-order valence-corrected chi connectivity index (χ3v) is 6.70. The van der Waals surface area contributed by atoms with E-state index in [1.165, 1.54) is 31.2 Å². The van der Waals surface area contributed by atoms with E-state index in [-0.39, 0.29) is 30.4 Å². The zero-order valence-electron chi connectivity index (χ0n) is 15.7. The molecule has 5 nitrogen and oxygen atoms in total. The number of nitriles is 1. The lowest BCUT2D eigenvalue weighted by molar-refractivity contribution is -0.154. The number of likely N-dealkylation sites (tertiary alicyclic amines) is 1. The second-order valence-corrected chi connectivity index (χ2v) is 8.13. The summed E-state index contributed by atoms with van der Waals surface area (Å²) in [5.41, 5.74) is 2.43. The predicted molar refractivity (Wildman–Crippen MR) is 101 cm³/mol. The van der Waals surface area contributed by atoms with Crippen molar-refractivity contribution >= 4 is 5.91 Å². The van der Waals surface area contributed by atoms with Crippen molar-refractivity contribution in [2.45, 2.75) is 62.4 Å². The number of hydrogen-bond donors (Lipinski definition) is 1. The van der Waals surface area contributed by atoms with Gasteiger partial charge in [0.2, 0.25) is 5.91 Å². The average Bonchev–Trinajstić information content (AvgIpc) is 3.24. The maximum absolute atomic E-state index is 12.9. The highest BCUT2D eigenvalue weighted by atomic mass is 16.5. The fourth-order valence-corrected chi connectivity index (χ4v) is 5.12. The first-order valence-corrected chi connectivity index (χ1v) is 10.2. The fraction of sp³-hybridized carbons (Fsp3) is 0.636. The van der Waals surface area contributed by atoms with Gasteiger partial charge in [-0.2, -0.15) is 5.26 Å². The van der Waals surface area contributed by atoms with Crippen molar-refractivity contribution in [2.24, 2.45) is 5.92 Å². The number of aliphatic hydroxyl groups is 1. The number of hydrogen-bond acceptors (Lipinski definition) is 4. The van der Waals surface area contributed by atoms with Gasteiger partial charge >= 0.3 is 0 Å². The lowest BCUT2D eigenvalue weighted by Crippen LogP contribution is -2.66.